The molecular weight excluding hydrogens is 380 g/mol. The molecule has 3 aromatic rings. The van der Waals surface area contributed by atoms with Crippen LogP contribution in [0.4, 0.5) is 5.95 Å². The summed E-state index contributed by atoms with van der Waals surface area (Å²) in [5.41, 5.74) is 9.73. The highest BCUT2D eigenvalue weighted by molar-refractivity contribution is 5.73. The molecule has 0 bridgehead atoms. The Bertz CT molecular complexity index is 982. The molecule has 1 saturated heterocycles. The number of nitrogens with zero attached hydrogens (tertiary/aromatic N) is 2. The number of quaternary nitrogens is 1. The van der Waals surface area contributed by atoms with Gasteiger partial charge in [0, 0.05) is 0 Å². The summed E-state index contributed by atoms with van der Waals surface area (Å²) in [5, 5.41) is 10.7. The zero-order valence-corrected chi connectivity index (χ0v) is 17.6. The molecule has 0 saturated carbocycles. The van der Waals surface area contributed by atoms with Gasteiger partial charge in [-0.15, -0.1) is 0 Å². The number of benzene rings is 2. The summed E-state index contributed by atoms with van der Waals surface area (Å²) in [6.07, 6.45) is -0.666. The SMILES string of the molecule is Cc1ccccc1OC[C@@H](O)C[n+]1c(N)n(CC[NH+]2CCOCC2)c2ccccc21. The Morgan fingerprint density at radius 2 is 1.90 bits per heavy atom. The maximum absolute atomic E-state index is 10.7. The number of aliphatic hydroxyl groups excluding tert-OH is 1. The summed E-state index contributed by atoms with van der Waals surface area (Å²) in [4.78, 5) is 1.54. The Morgan fingerprint density at radius 3 is 2.70 bits per heavy atom. The van der Waals surface area contributed by atoms with Crippen LogP contribution in [0, 0.1) is 6.92 Å². The molecule has 0 amide bonds. The van der Waals surface area contributed by atoms with Crippen LogP contribution in [0.5, 0.6) is 5.75 Å². The zero-order chi connectivity index (χ0) is 20.9. The van der Waals surface area contributed by atoms with Crippen LogP contribution in [0.1, 0.15) is 5.56 Å². The second-order valence-electron chi connectivity index (χ2n) is 7.95. The number of aromatic nitrogens is 2. The number of fused-ring (bicyclic) bond motifs is 1. The van der Waals surface area contributed by atoms with Crippen molar-refractivity contribution < 1.29 is 24.0 Å². The maximum atomic E-state index is 10.7. The lowest BCUT2D eigenvalue weighted by Gasteiger charge is -2.23. The molecule has 2 aromatic carbocycles. The quantitative estimate of drug-likeness (QED) is 0.461. The molecule has 1 atom stereocenters. The molecule has 1 aliphatic heterocycles. The first-order valence-electron chi connectivity index (χ1n) is 10.7. The van der Waals surface area contributed by atoms with E-state index in [1.165, 1.54) is 4.90 Å². The lowest BCUT2D eigenvalue weighted by atomic mass is 10.2. The van der Waals surface area contributed by atoms with Gasteiger partial charge >= 0.3 is 5.95 Å². The van der Waals surface area contributed by atoms with Crippen molar-refractivity contribution in [2.45, 2.75) is 26.1 Å². The fraction of sp³-hybridized carbons (Fsp3) is 0.435. The molecule has 4 rings (SSSR count). The minimum Gasteiger partial charge on any atom is -0.490 e. The predicted octanol–water partition coefficient (Wildman–Crippen LogP) is 0.174. The molecule has 7 heteroatoms. The van der Waals surface area contributed by atoms with Gasteiger partial charge in [0.1, 0.15) is 62.2 Å². The largest absolute Gasteiger partial charge is 0.490 e. The van der Waals surface area contributed by atoms with Gasteiger partial charge < -0.3 is 19.5 Å². The van der Waals surface area contributed by atoms with E-state index >= 15 is 0 Å². The first-order valence-corrected chi connectivity index (χ1v) is 10.7. The smallest absolute Gasteiger partial charge is 0.356 e. The topological polar surface area (TPSA) is 78.0 Å². The minimum absolute atomic E-state index is 0.217. The number of anilines is 1. The molecule has 0 aliphatic carbocycles. The van der Waals surface area contributed by atoms with E-state index in [2.05, 4.69) is 16.7 Å². The van der Waals surface area contributed by atoms with Gasteiger partial charge in [-0.05, 0) is 30.7 Å². The Balaban J connectivity index is 1.47. The summed E-state index contributed by atoms with van der Waals surface area (Å²) in [5.74, 6) is 1.46. The minimum atomic E-state index is -0.666. The van der Waals surface area contributed by atoms with Gasteiger partial charge in [0.2, 0.25) is 0 Å². The number of nitrogen functional groups attached to an aromatic ring is 1. The van der Waals surface area contributed by atoms with Crippen molar-refractivity contribution in [2.24, 2.45) is 0 Å². The number of ether oxygens (including phenoxy) is 2. The molecular formula is C23H32N4O3+2. The average molecular weight is 413 g/mol. The van der Waals surface area contributed by atoms with Crippen molar-refractivity contribution in [1.29, 1.82) is 0 Å². The van der Waals surface area contributed by atoms with E-state index in [0.717, 1.165) is 61.7 Å². The monoisotopic (exact) mass is 412 g/mol. The van der Waals surface area contributed by atoms with Gasteiger partial charge in [0.25, 0.3) is 0 Å². The fourth-order valence-electron chi connectivity index (χ4n) is 4.09. The number of para-hydroxylation sites is 3. The first kappa shape index (κ1) is 20.7. The van der Waals surface area contributed by atoms with E-state index < -0.39 is 6.10 Å². The Kier molecular flexibility index (Phi) is 6.52. The molecule has 1 fully saturated rings. The normalized spacial score (nSPS) is 16.1. The molecule has 0 radical (unpaired) electrons. The summed E-state index contributed by atoms with van der Waals surface area (Å²) >= 11 is 0. The second kappa shape index (κ2) is 9.47. The van der Waals surface area contributed by atoms with E-state index in [1.807, 2.05) is 47.9 Å². The van der Waals surface area contributed by atoms with E-state index in [1.54, 1.807) is 0 Å². The van der Waals surface area contributed by atoms with Crippen LogP contribution in [0.15, 0.2) is 48.5 Å². The first-order chi connectivity index (χ1) is 14.6. The lowest BCUT2D eigenvalue weighted by molar-refractivity contribution is -0.908. The average Bonchev–Trinajstić information content (AvgIpc) is 3.03. The highest BCUT2D eigenvalue weighted by Crippen LogP contribution is 2.18. The van der Waals surface area contributed by atoms with E-state index in [0.29, 0.717) is 12.5 Å². The summed E-state index contributed by atoms with van der Waals surface area (Å²) in [6, 6.07) is 16.0. The number of aryl methyl sites for hydroxylation is 1. The molecule has 1 aliphatic rings. The van der Waals surface area contributed by atoms with Crippen LogP contribution in [0.25, 0.3) is 11.0 Å². The molecule has 1 aromatic heterocycles. The van der Waals surface area contributed by atoms with Gasteiger partial charge in [0.15, 0.2) is 0 Å². The summed E-state index contributed by atoms with van der Waals surface area (Å²) in [6.45, 7) is 8.16. The summed E-state index contributed by atoms with van der Waals surface area (Å²) in [7, 11) is 0. The number of imidazole rings is 1. The van der Waals surface area contributed by atoms with Crippen molar-refractivity contribution >= 4 is 17.0 Å². The standard InChI is InChI=1S/C23H30N4O3/c1-18-6-2-5-9-22(18)30-17-19(28)16-27-21-8-4-3-7-20(21)26(23(27)24)11-10-25-12-14-29-15-13-25/h2-9,19,24,28H,10-17H2,1H3/p+2/t19-/m0/s1. The number of rotatable bonds is 8. The highest BCUT2D eigenvalue weighted by Gasteiger charge is 2.24. The van der Waals surface area contributed by atoms with Gasteiger partial charge in [0.05, 0.1) is 13.2 Å². The number of nitrogens with two attached hydrogens (primary N) is 1. The lowest BCUT2D eigenvalue weighted by Crippen LogP contribution is -3.14. The van der Waals surface area contributed by atoms with Crippen LogP contribution in [0.2, 0.25) is 0 Å². The van der Waals surface area contributed by atoms with Crippen LogP contribution in [-0.2, 0) is 17.8 Å². The third-order valence-corrected chi connectivity index (χ3v) is 5.82. The highest BCUT2D eigenvalue weighted by atomic mass is 16.5. The Labute approximate surface area is 177 Å². The van der Waals surface area contributed by atoms with Gasteiger partial charge in [-0.3, -0.25) is 5.73 Å². The molecule has 4 N–H and O–H groups in total. The van der Waals surface area contributed by atoms with Crippen molar-refractivity contribution in [3.63, 3.8) is 0 Å². The molecule has 160 valence electrons. The van der Waals surface area contributed by atoms with Gasteiger partial charge in [-0.2, -0.15) is 0 Å². The number of morpholine rings is 1. The zero-order valence-electron chi connectivity index (χ0n) is 17.6. The molecule has 30 heavy (non-hydrogen) atoms. The van der Waals surface area contributed by atoms with Crippen LogP contribution in [0.3, 0.4) is 0 Å². The number of nitrogens with one attached hydrogen (secondary N) is 1. The maximum Gasteiger partial charge on any atom is 0.356 e. The third-order valence-electron chi connectivity index (χ3n) is 5.82. The van der Waals surface area contributed by atoms with Gasteiger partial charge in [-0.1, -0.05) is 30.3 Å². The van der Waals surface area contributed by atoms with Crippen molar-refractivity contribution in [3.8, 4) is 5.75 Å². The van der Waals surface area contributed by atoms with E-state index in [9.17, 15) is 5.11 Å². The Morgan fingerprint density at radius 1 is 1.17 bits per heavy atom. The van der Waals surface area contributed by atoms with Crippen LogP contribution < -0.4 is 19.9 Å². The van der Waals surface area contributed by atoms with E-state index in [-0.39, 0.29) is 6.61 Å². The van der Waals surface area contributed by atoms with Gasteiger partial charge in [-0.25, -0.2) is 9.13 Å². The van der Waals surface area contributed by atoms with Crippen LogP contribution >= 0.6 is 0 Å². The number of hydrogen-bond donors (Lipinski definition) is 3. The van der Waals surface area contributed by atoms with Crippen molar-refractivity contribution in [2.75, 3.05) is 45.2 Å². The second-order valence-corrected chi connectivity index (χ2v) is 7.95. The fourth-order valence-corrected chi connectivity index (χ4v) is 4.09. The van der Waals surface area contributed by atoms with Crippen LogP contribution in [-0.4, -0.2) is 55.2 Å². The van der Waals surface area contributed by atoms with Crippen molar-refractivity contribution in [1.82, 2.24) is 4.57 Å². The van der Waals surface area contributed by atoms with Crippen molar-refractivity contribution in [3.05, 3.63) is 54.1 Å². The molecule has 0 unspecified atom stereocenters. The number of aliphatic hydroxyl groups is 1. The summed E-state index contributed by atoms with van der Waals surface area (Å²) < 4.78 is 15.4. The molecule has 7 nitrogen and oxygen atoms in total. The molecule has 2 heterocycles. The van der Waals surface area contributed by atoms with E-state index in [4.69, 9.17) is 15.2 Å². The Hall–Kier alpha value is -2.61. The molecule has 0 spiro atoms. The predicted molar refractivity (Wildman–Crippen MR) is 116 cm³/mol. The third kappa shape index (κ3) is 4.59. The number of hydrogen-bond acceptors (Lipinski definition) is 4.